The van der Waals surface area contributed by atoms with Crippen molar-refractivity contribution < 1.29 is 4.79 Å². The van der Waals surface area contributed by atoms with E-state index in [4.69, 9.17) is 5.73 Å². The van der Waals surface area contributed by atoms with Crippen LogP contribution in [0, 0.1) is 6.92 Å². The lowest BCUT2D eigenvalue weighted by Gasteiger charge is -2.25. The molecule has 0 saturated heterocycles. The summed E-state index contributed by atoms with van der Waals surface area (Å²) in [5, 5.41) is 3.00. The average Bonchev–Trinajstić information content (AvgIpc) is 2.34. The first-order valence-corrected chi connectivity index (χ1v) is 7.15. The van der Waals surface area contributed by atoms with E-state index in [9.17, 15) is 4.79 Å². The number of hydrogen-bond donors (Lipinski definition) is 2. The van der Waals surface area contributed by atoms with Crippen LogP contribution in [0.5, 0.6) is 0 Å². The Morgan fingerprint density at radius 3 is 2.78 bits per heavy atom. The van der Waals surface area contributed by atoms with E-state index in [0.29, 0.717) is 0 Å². The van der Waals surface area contributed by atoms with Gasteiger partial charge in [-0.1, -0.05) is 17.7 Å². The van der Waals surface area contributed by atoms with Crippen molar-refractivity contribution in [3.8, 4) is 0 Å². The first kappa shape index (κ1) is 15.1. The minimum Gasteiger partial charge on any atom is -0.368 e. The van der Waals surface area contributed by atoms with Gasteiger partial charge in [-0.25, -0.2) is 0 Å². The molecule has 0 bridgehead atoms. The van der Waals surface area contributed by atoms with Gasteiger partial charge < -0.3 is 11.1 Å². The van der Waals surface area contributed by atoms with Crippen LogP contribution in [0.4, 0.5) is 0 Å². The Hall–Kier alpha value is -1.00. The van der Waals surface area contributed by atoms with Crippen LogP contribution in [0.2, 0.25) is 0 Å². The molecule has 0 aromatic heterocycles. The molecule has 0 aliphatic heterocycles. The number of carbonyl (C=O) groups excluding carboxylic acids is 1. The molecule has 1 rings (SSSR count). The molecule has 1 amide bonds. The Balaban J connectivity index is 2.37. The standard InChI is InChI=1S/C14H22N2OS/c1-11-6-4-7-12(10-11)18-9-5-8-14(2,16-3)13(15)17/h4,6-7,10,16H,5,8-9H2,1-3H3,(H2,15,17). The molecule has 0 fully saturated rings. The molecule has 0 radical (unpaired) electrons. The molecule has 1 atom stereocenters. The van der Waals surface area contributed by atoms with Gasteiger partial charge in [0, 0.05) is 4.90 Å². The molecule has 0 heterocycles. The largest absolute Gasteiger partial charge is 0.368 e. The lowest BCUT2D eigenvalue weighted by atomic mass is 9.96. The molecule has 1 aromatic carbocycles. The number of carbonyl (C=O) groups is 1. The molecule has 0 aliphatic rings. The number of amides is 1. The van der Waals surface area contributed by atoms with Gasteiger partial charge in [0.05, 0.1) is 5.54 Å². The molecule has 3 nitrogen and oxygen atoms in total. The average molecular weight is 266 g/mol. The van der Waals surface area contributed by atoms with Gasteiger partial charge in [0.1, 0.15) is 0 Å². The number of primary amides is 1. The summed E-state index contributed by atoms with van der Waals surface area (Å²) in [6.45, 7) is 3.95. The minimum absolute atomic E-state index is 0.287. The fraction of sp³-hybridized carbons (Fsp3) is 0.500. The molecule has 18 heavy (non-hydrogen) atoms. The Morgan fingerprint density at radius 1 is 1.50 bits per heavy atom. The minimum atomic E-state index is -0.590. The SMILES string of the molecule is CNC(C)(CCCSc1cccc(C)c1)C(N)=O. The highest BCUT2D eigenvalue weighted by Gasteiger charge is 2.27. The van der Waals surface area contributed by atoms with E-state index in [2.05, 4.69) is 36.5 Å². The fourth-order valence-corrected chi connectivity index (χ4v) is 2.66. The van der Waals surface area contributed by atoms with Gasteiger partial charge in [-0.05, 0) is 51.6 Å². The van der Waals surface area contributed by atoms with E-state index in [1.807, 2.05) is 18.7 Å². The normalized spacial score (nSPS) is 14.2. The second-order valence-electron chi connectivity index (χ2n) is 4.71. The van der Waals surface area contributed by atoms with E-state index >= 15 is 0 Å². The van der Waals surface area contributed by atoms with Crippen LogP contribution in [0.3, 0.4) is 0 Å². The summed E-state index contributed by atoms with van der Waals surface area (Å²) in [5.74, 6) is 0.708. The monoisotopic (exact) mass is 266 g/mol. The smallest absolute Gasteiger partial charge is 0.237 e. The van der Waals surface area contributed by atoms with E-state index < -0.39 is 5.54 Å². The van der Waals surface area contributed by atoms with Crippen molar-refractivity contribution in [1.82, 2.24) is 5.32 Å². The number of likely N-dealkylation sites (N-methyl/N-ethyl adjacent to an activating group) is 1. The van der Waals surface area contributed by atoms with Crippen LogP contribution in [-0.2, 0) is 4.79 Å². The van der Waals surface area contributed by atoms with Crippen molar-refractivity contribution in [3.63, 3.8) is 0 Å². The number of aryl methyl sites for hydroxylation is 1. The predicted molar refractivity (Wildman–Crippen MR) is 77.8 cm³/mol. The van der Waals surface area contributed by atoms with Crippen LogP contribution < -0.4 is 11.1 Å². The zero-order valence-corrected chi connectivity index (χ0v) is 12.1. The van der Waals surface area contributed by atoms with Gasteiger partial charge in [0.25, 0.3) is 0 Å². The highest BCUT2D eigenvalue weighted by atomic mass is 32.2. The Kier molecular flexibility index (Phi) is 5.69. The van der Waals surface area contributed by atoms with Crippen LogP contribution in [-0.4, -0.2) is 24.2 Å². The Labute approximate surface area is 114 Å². The lowest BCUT2D eigenvalue weighted by molar-refractivity contribution is -0.123. The molecule has 1 aromatic rings. The number of benzene rings is 1. The molecule has 4 heteroatoms. The zero-order chi connectivity index (χ0) is 13.6. The maximum absolute atomic E-state index is 11.3. The zero-order valence-electron chi connectivity index (χ0n) is 11.3. The fourth-order valence-electron chi connectivity index (χ4n) is 1.69. The third-order valence-electron chi connectivity index (χ3n) is 3.17. The van der Waals surface area contributed by atoms with Crippen LogP contribution in [0.15, 0.2) is 29.2 Å². The number of nitrogens with two attached hydrogens (primary N) is 1. The van der Waals surface area contributed by atoms with Crippen LogP contribution >= 0.6 is 11.8 Å². The van der Waals surface area contributed by atoms with Crippen LogP contribution in [0.25, 0.3) is 0 Å². The van der Waals surface area contributed by atoms with Gasteiger partial charge in [0.2, 0.25) is 5.91 Å². The highest BCUT2D eigenvalue weighted by molar-refractivity contribution is 7.99. The number of hydrogen-bond acceptors (Lipinski definition) is 3. The number of rotatable bonds is 7. The molecule has 1 unspecified atom stereocenters. The summed E-state index contributed by atoms with van der Waals surface area (Å²) in [7, 11) is 1.78. The van der Waals surface area contributed by atoms with Crippen molar-refractivity contribution in [1.29, 1.82) is 0 Å². The van der Waals surface area contributed by atoms with Crippen molar-refractivity contribution in [3.05, 3.63) is 29.8 Å². The third kappa shape index (κ3) is 4.35. The predicted octanol–water partition coefficient (Wildman–Crippen LogP) is 2.33. The van der Waals surface area contributed by atoms with E-state index in [0.717, 1.165) is 18.6 Å². The van der Waals surface area contributed by atoms with Gasteiger partial charge in [0.15, 0.2) is 0 Å². The lowest BCUT2D eigenvalue weighted by Crippen LogP contribution is -2.51. The summed E-state index contributed by atoms with van der Waals surface area (Å²) < 4.78 is 0. The summed E-state index contributed by atoms with van der Waals surface area (Å²) in [5.41, 5.74) is 6.07. The molecule has 3 N–H and O–H groups in total. The number of nitrogens with one attached hydrogen (secondary N) is 1. The molecule has 0 saturated carbocycles. The second kappa shape index (κ2) is 6.81. The quantitative estimate of drug-likeness (QED) is 0.588. The van der Waals surface area contributed by atoms with Gasteiger partial charge in [-0.15, -0.1) is 11.8 Å². The van der Waals surface area contributed by atoms with Gasteiger partial charge in [-0.2, -0.15) is 0 Å². The van der Waals surface area contributed by atoms with Crippen molar-refractivity contribution in [2.75, 3.05) is 12.8 Å². The van der Waals surface area contributed by atoms with Crippen molar-refractivity contribution >= 4 is 17.7 Å². The maximum atomic E-state index is 11.3. The summed E-state index contributed by atoms with van der Waals surface area (Å²) in [6.07, 6.45) is 1.72. The second-order valence-corrected chi connectivity index (χ2v) is 5.88. The summed E-state index contributed by atoms with van der Waals surface area (Å²) in [6, 6.07) is 8.45. The van der Waals surface area contributed by atoms with E-state index in [1.54, 1.807) is 7.05 Å². The maximum Gasteiger partial charge on any atom is 0.237 e. The Morgan fingerprint density at radius 2 is 2.22 bits per heavy atom. The highest BCUT2D eigenvalue weighted by Crippen LogP contribution is 2.22. The van der Waals surface area contributed by atoms with Crippen molar-refractivity contribution in [2.45, 2.75) is 37.1 Å². The number of thioether (sulfide) groups is 1. The molecular formula is C14H22N2OS. The van der Waals surface area contributed by atoms with E-state index in [1.165, 1.54) is 10.5 Å². The first-order valence-electron chi connectivity index (χ1n) is 6.16. The third-order valence-corrected chi connectivity index (χ3v) is 4.26. The van der Waals surface area contributed by atoms with E-state index in [-0.39, 0.29) is 5.91 Å². The van der Waals surface area contributed by atoms with Gasteiger partial charge in [-0.3, -0.25) is 4.79 Å². The summed E-state index contributed by atoms with van der Waals surface area (Å²) in [4.78, 5) is 12.6. The molecule has 100 valence electrons. The molecule has 0 aliphatic carbocycles. The molecule has 0 spiro atoms. The Bertz CT molecular complexity index is 409. The topological polar surface area (TPSA) is 55.1 Å². The first-order chi connectivity index (χ1) is 8.48. The van der Waals surface area contributed by atoms with Crippen LogP contribution in [0.1, 0.15) is 25.3 Å². The molecular weight excluding hydrogens is 244 g/mol. The van der Waals surface area contributed by atoms with Gasteiger partial charge >= 0.3 is 0 Å². The van der Waals surface area contributed by atoms with Crippen molar-refractivity contribution in [2.24, 2.45) is 5.73 Å². The summed E-state index contributed by atoms with van der Waals surface area (Å²) >= 11 is 1.82.